The normalized spacial score (nSPS) is 19.6. The Morgan fingerprint density at radius 2 is 2.43 bits per heavy atom. The number of hydrogen-bond donors (Lipinski definition) is 2. The van der Waals surface area contributed by atoms with Crippen molar-refractivity contribution in [3.63, 3.8) is 0 Å². The molecule has 14 heavy (non-hydrogen) atoms. The fourth-order valence-corrected chi connectivity index (χ4v) is 3.11. The van der Waals surface area contributed by atoms with Gasteiger partial charge in [-0.1, -0.05) is 0 Å². The van der Waals surface area contributed by atoms with Crippen LogP contribution >= 0.6 is 11.8 Å². The van der Waals surface area contributed by atoms with E-state index < -0.39 is 0 Å². The molecule has 0 aromatic heterocycles. The van der Waals surface area contributed by atoms with E-state index in [9.17, 15) is 5.11 Å². The van der Waals surface area contributed by atoms with E-state index in [1.165, 1.54) is 10.5 Å². The zero-order valence-electron chi connectivity index (χ0n) is 8.29. The van der Waals surface area contributed by atoms with Crippen LogP contribution in [0.25, 0.3) is 0 Å². The lowest BCUT2D eigenvalue weighted by Crippen LogP contribution is -2.11. The molecule has 76 valence electrons. The largest absolute Gasteiger partial charge is 0.508 e. The minimum Gasteiger partial charge on any atom is -0.508 e. The van der Waals surface area contributed by atoms with Crippen LogP contribution in [0.15, 0.2) is 23.1 Å². The first kappa shape index (κ1) is 9.87. The van der Waals surface area contributed by atoms with E-state index in [-0.39, 0.29) is 0 Å². The van der Waals surface area contributed by atoms with Crippen LogP contribution in [0.4, 0.5) is 0 Å². The molecule has 0 bridgehead atoms. The summed E-state index contributed by atoms with van der Waals surface area (Å²) in [6.45, 7) is 1.04. The molecule has 1 heterocycles. The molecule has 1 aliphatic rings. The van der Waals surface area contributed by atoms with Gasteiger partial charge in [0.15, 0.2) is 0 Å². The van der Waals surface area contributed by atoms with Gasteiger partial charge in [0.2, 0.25) is 0 Å². The van der Waals surface area contributed by atoms with Crippen molar-refractivity contribution in [2.45, 2.75) is 17.2 Å². The summed E-state index contributed by atoms with van der Waals surface area (Å²) < 4.78 is 0. The molecule has 2 N–H and O–H groups in total. The highest BCUT2D eigenvalue weighted by Gasteiger charge is 2.22. The molecule has 2 nitrogen and oxygen atoms in total. The second-order valence-electron chi connectivity index (χ2n) is 3.62. The quantitative estimate of drug-likeness (QED) is 0.800. The smallest absolute Gasteiger partial charge is 0.115 e. The monoisotopic (exact) mass is 209 g/mol. The summed E-state index contributed by atoms with van der Waals surface area (Å²) in [6, 6.07) is 5.71. The van der Waals surface area contributed by atoms with Gasteiger partial charge in [-0.15, -0.1) is 11.8 Å². The Labute approximate surface area is 88.7 Å². The zero-order chi connectivity index (χ0) is 9.97. The highest BCUT2D eigenvalue weighted by molar-refractivity contribution is 7.99. The Bertz CT molecular complexity index is 327. The Hall–Kier alpha value is -0.670. The number of phenols is 1. The Balaban J connectivity index is 2.16. The molecule has 0 radical (unpaired) electrons. The third-order valence-corrected chi connectivity index (χ3v) is 3.87. The number of thioether (sulfide) groups is 1. The van der Waals surface area contributed by atoms with Crippen LogP contribution in [-0.2, 0) is 0 Å². The van der Waals surface area contributed by atoms with Gasteiger partial charge in [0, 0.05) is 10.6 Å². The van der Waals surface area contributed by atoms with Crippen LogP contribution in [0.2, 0.25) is 0 Å². The van der Waals surface area contributed by atoms with Gasteiger partial charge in [0.05, 0.1) is 0 Å². The lowest BCUT2D eigenvalue weighted by atomic mass is 9.98. The van der Waals surface area contributed by atoms with E-state index in [4.69, 9.17) is 0 Å². The summed E-state index contributed by atoms with van der Waals surface area (Å²) in [5.74, 6) is 2.15. The number of hydrogen-bond acceptors (Lipinski definition) is 3. The summed E-state index contributed by atoms with van der Waals surface area (Å²) >= 11 is 1.90. The predicted octanol–water partition coefficient (Wildman–Crippen LogP) is 2.19. The SMILES string of the molecule is CNCCC1CSc2ccc(O)cc21. The minimum absolute atomic E-state index is 0.390. The summed E-state index contributed by atoms with van der Waals surface area (Å²) in [6.07, 6.45) is 1.15. The molecule has 1 aromatic carbocycles. The Morgan fingerprint density at radius 1 is 1.57 bits per heavy atom. The standard InChI is InChI=1S/C11H15NOS/c1-12-5-4-8-7-14-11-3-2-9(13)6-10(8)11/h2-3,6,8,12-13H,4-5,7H2,1H3. The summed E-state index contributed by atoms with van der Waals surface area (Å²) in [5.41, 5.74) is 1.32. The predicted molar refractivity (Wildman–Crippen MR) is 60.1 cm³/mol. The van der Waals surface area contributed by atoms with Crippen LogP contribution < -0.4 is 5.32 Å². The number of rotatable bonds is 3. The Kier molecular flexibility index (Phi) is 2.99. The maximum absolute atomic E-state index is 9.41. The highest BCUT2D eigenvalue weighted by Crippen LogP contribution is 2.42. The van der Waals surface area contributed by atoms with Gasteiger partial charge >= 0.3 is 0 Å². The fraction of sp³-hybridized carbons (Fsp3) is 0.455. The number of benzene rings is 1. The van der Waals surface area contributed by atoms with Crippen molar-refractivity contribution in [3.05, 3.63) is 23.8 Å². The van der Waals surface area contributed by atoms with Crippen molar-refractivity contribution in [2.75, 3.05) is 19.3 Å². The van der Waals surface area contributed by atoms with Gasteiger partial charge in [0.25, 0.3) is 0 Å². The average Bonchev–Trinajstić information content (AvgIpc) is 2.57. The minimum atomic E-state index is 0.390. The van der Waals surface area contributed by atoms with Crippen LogP contribution in [0.3, 0.4) is 0 Å². The molecule has 0 fully saturated rings. The van der Waals surface area contributed by atoms with Crippen molar-refractivity contribution < 1.29 is 5.11 Å². The third-order valence-electron chi connectivity index (χ3n) is 2.62. The molecule has 0 amide bonds. The fourth-order valence-electron chi connectivity index (χ4n) is 1.82. The van der Waals surface area contributed by atoms with Crippen LogP contribution in [0.1, 0.15) is 17.9 Å². The molecule has 1 aromatic rings. The van der Waals surface area contributed by atoms with E-state index in [0.29, 0.717) is 11.7 Å². The first-order chi connectivity index (χ1) is 6.81. The molecular formula is C11H15NOS. The number of nitrogens with one attached hydrogen (secondary N) is 1. The van der Waals surface area contributed by atoms with Gasteiger partial charge in [-0.3, -0.25) is 0 Å². The van der Waals surface area contributed by atoms with E-state index in [1.54, 1.807) is 6.07 Å². The average molecular weight is 209 g/mol. The lowest BCUT2D eigenvalue weighted by molar-refractivity contribution is 0.473. The number of aromatic hydroxyl groups is 1. The first-order valence-electron chi connectivity index (χ1n) is 4.91. The van der Waals surface area contributed by atoms with Gasteiger partial charge in [-0.25, -0.2) is 0 Å². The molecule has 0 aliphatic carbocycles. The second-order valence-corrected chi connectivity index (χ2v) is 4.68. The maximum atomic E-state index is 9.41. The van der Waals surface area contributed by atoms with Crippen LogP contribution in [0.5, 0.6) is 5.75 Å². The number of fused-ring (bicyclic) bond motifs is 1. The van der Waals surface area contributed by atoms with E-state index >= 15 is 0 Å². The number of phenolic OH excluding ortho intramolecular Hbond substituents is 1. The van der Waals surface area contributed by atoms with Gasteiger partial charge < -0.3 is 10.4 Å². The van der Waals surface area contributed by atoms with E-state index in [2.05, 4.69) is 5.32 Å². The van der Waals surface area contributed by atoms with Crippen molar-refractivity contribution in [1.82, 2.24) is 5.32 Å². The lowest BCUT2D eigenvalue weighted by Gasteiger charge is -2.09. The molecule has 3 heteroatoms. The molecular weight excluding hydrogens is 194 g/mol. The van der Waals surface area contributed by atoms with Crippen molar-refractivity contribution in [3.8, 4) is 5.75 Å². The molecule has 0 saturated heterocycles. The van der Waals surface area contributed by atoms with E-state index in [0.717, 1.165) is 18.7 Å². The second kappa shape index (κ2) is 4.24. The van der Waals surface area contributed by atoms with Gasteiger partial charge in [-0.2, -0.15) is 0 Å². The maximum Gasteiger partial charge on any atom is 0.115 e. The van der Waals surface area contributed by atoms with Gasteiger partial charge in [0.1, 0.15) is 5.75 Å². The molecule has 1 atom stereocenters. The van der Waals surface area contributed by atoms with Crippen molar-refractivity contribution >= 4 is 11.8 Å². The summed E-state index contributed by atoms with van der Waals surface area (Å²) in [7, 11) is 1.98. The van der Waals surface area contributed by atoms with Crippen molar-refractivity contribution in [1.29, 1.82) is 0 Å². The highest BCUT2D eigenvalue weighted by atomic mass is 32.2. The van der Waals surface area contributed by atoms with Crippen molar-refractivity contribution in [2.24, 2.45) is 0 Å². The van der Waals surface area contributed by atoms with Gasteiger partial charge in [-0.05, 0) is 49.7 Å². The molecule has 1 unspecified atom stereocenters. The zero-order valence-corrected chi connectivity index (χ0v) is 9.10. The first-order valence-corrected chi connectivity index (χ1v) is 5.90. The van der Waals surface area contributed by atoms with E-state index in [1.807, 2.05) is 30.9 Å². The Morgan fingerprint density at radius 3 is 3.21 bits per heavy atom. The molecule has 0 spiro atoms. The molecule has 0 saturated carbocycles. The topological polar surface area (TPSA) is 32.3 Å². The van der Waals surface area contributed by atoms with Crippen LogP contribution in [-0.4, -0.2) is 24.5 Å². The van der Waals surface area contributed by atoms with Crippen LogP contribution in [0, 0.1) is 0 Å². The summed E-state index contributed by atoms with van der Waals surface area (Å²) in [5, 5.41) is 12.6. The third kappa shape index (κ3) is 1.88. The molecule has 2 rings (SSSR count). The summed E-state index contributed by atoms with van der Waals surface area (Å²) in [4.78, 5) is 1.34. The molecule has 1 aliphatic heterocycles.